The Morgan fingerprint density at radius 1 is 1.06 bits per heavy atom. The number of halogens is 4. The molecule has 1 aromatic carbocycles. The van der Waals surface area contributed by atoms with Gasteiger partial charge in [-0.2, -0.15) is 13.2 Å². The maximum atomic E-state index is 14.7. The van der Waals surface area contributed by atoms with Gasteiger partial charge < -0.3 is 14.8 Å². The molecule has 0 radical (unpaired) electrons. The molecule has 168 valence electrons. The van der Waals surface area contributed by atoms with Crippen molar-refractivity contribution in [2.75, 3.05) is 18.5 Å². The zero-order valence-electron chi connectivity index (χ0n) is 16.9. The summed E-state index contributed by atoms with van der Waals surface area (Å²) >= 11 is 0. The van der Waals surface area contributed by atoms with Crippen LogP contribution < -0.4 is 14.8 Å². The van der Waals surface area contributed by atoms with E-state index < -0.39 is 11.9 Å². The van der Waals surface area contributed by atoms with Gasteiger partial charge in [-0.15, -0.1) is 10.2 Å². The monoisotopic (exact) mass is 457 g/mol. The third kappa shape index (κ3) is 3.14. The van der Waals surface area contributed by atoms with Crippen LogP contribution in [0.4, 0.5) is 23.4 Å². The van der Waals surface area contributed by atoms with Gasteiger partial charge in [0, 0.05) is 35.0 Å². The number of nitrogens with one attached hydrogen (secondary N) is 1. The number of hydrogen-bond donors (Lipinski definition) is 1. The lowest BCUT2D eigenvalue weighted by atomic mass is 9.96. The van der Waals surface area contributed by atoms with E-state index in [4.69, 9.17) is 9.47 Å². The molecule has 1 N–H and O–H groups in total. The highest BCUT2D eigenvalue weighted by atomic mass is 19.4. The Morgan fingerprint density at radius 2 is 1.88 bits per heavy atom. The average molecular weight is 457 g/mol. The van der Waals surface area contributed by atoms with Crippen LogP contribution in [-0.2, 0) is 12.7 Å². The Hall–Kier alpha value is -3.89. The van der Waals surface area contributed by atoms with E-state index in [-0.39, 0.29) is 24.9 Å². The topological polar surface area (TPSA) is 73.6 Å². The largest absolute Gasteiger partial charge is 0.493 e. The number of ether oxygens (including phenoxy) is 2. The molecule has 0 fully saturated rings. The Balaban J connectivity index is 1.46. The third-order valence-electron chi connectivity index (χ3n) is 5.88. The molecule has 2 aliphatic heterocycles. The second kappa shape index (κ2) is 7.06. The van der Waals surface area contributed by atoms with Gasteiger partial charge in [-0.25, -0.2) is 4.39 Å². The molecule has 0 saturated heterocycles. The number of alkyl halides is 3. The van der Waals surface area contributed by atoms with Crippen LogP contribution in [0.15, 0.2) is 42.9 Å². The van der Waals surface area contributed by atoms with Crippen molar-refractivity contribution >= 4 is 11.5 Å². The van der Waals surface area contributed by atoms with Crippen LogP contribution >= 0.6 is 0 Å². The number of pyridine rings is 2. The molecule has 0 saturated carbocycles. The first-order chi connectivity index (χ1) is 15.9. The molecule has 0 bridgehead atoms. The van der Waals surface area contributed by atoms with Crippen LogP contribution in [-0.4, -0.2) is 32.8 Å². The first-order valence-electron chi connectivity index (χ1n) is 10.1. The van der Waals surface area contributed by atoms with E-state index in [0.717, 1.165) is 17.8 Å². The summed E-state index contributed by atoms with van der Waals surface area (Å²) in [5.41, 5.74) is 1.62. The maximum Gasteiger partial charge on any atom is 0.433 e. The second-order valence-electron chi connectivity index (χ2n) is 7.84. The zero-order valence-corrected chi connectivity index (χ0v) is 16.9. The van der Waals surface area contributed by atoms with Gasteiger partial charge >= 0.3 is 6.18 Å². The highest BCUT2D eigenvalue weighted by Gasteiger charge is 2.33. The van der Waals surface area contributed by atoms with Gasteiger partial charge in [0.1, 0.15) is 23.6 Å². The number of rotatable bonds is 1. The van der Waals surface area contributed by atoms with Crippen LogP contribution in [0.2, 0.25) is 0 Å². The van der Waals surface area contributed by atoms with Crippen molar-refractivity contribution in [3.8, 4) is 22.6 Å². The molecule has 0 spiro atoms. The normalized spacial score (nSPS) is 17.2. The summed E-state index contributed by atoms with van der Waals surface area (Å²) in [6, 6.07) is 6.93. The summed E-state index contributed by atoms with van der Waals surface area (Å²) in [6.45, 7) is 0.780. The average Bonchev–Trinajstić information content (AvgIpc) is 3.44. The van der Waals surface area contributed by atoms with Crippen molar-refractivity contribution in [3.05, 3.63) is 65.5 Å². The van der Waals surface area contributed by atoms with Crippen LogP contribution in [0.25, 0.3) is 16.8 Å². The molecule has 0 aliphatic carbocycles. The fourth-order valence-corrected chi connectivity index (χ4v) is 4.32. The summed E-state index contributed by atoms with van der Waals surface area (Å²) < 4.78 is 66.9. The lowest BCUT2D eigenvalue weighted by Crippen LogP contribution is -2.13. The van der Waals surface area contributed by atoms with Gasteiger partial charge in [0.05, 0.1) is 19.1 Å². The number of anilines is 1. The predicted molar refractivity (Wildman–Crippen MR) is 109 cm³/mol. The van der Waals surface area contributed by atoms with Crippen LogP contribution in [0.3, 0.4) is 0 Å². The highest BCUT2D eigenvalue weighted by molar-refractivity contribution is 5.81. The molecule has 2 aliphatic rings. The Bertz CT molecular complexity index is 1380. The molecular formula is C22H15F4N5O2. The molecule has 0 unspecified atom stereocenters. The number of benzene rings is 1. The van der Waals surface area contributed by atoms with E-state index in [0.29, 0.717) is 46.3 Å². The molecule has 11 heteroatoms. The van der Waals surface area contributed by atoms with E-state index >= 15 is 0 Å². The van der Waals surface area contributed by atoms with Crippen LogP contribution in [0.1, 0.15) is 22.7 Å². The predicted octanol–water partition coefficient (Wildman–Crippen LogP) is 4.43. The van der Waals surface area contributed by atoms with Crippen molar-refractivity contribution in [3.63, 3.8) is 0 Å². The minimum atomic E-state index is -4.54. The molecule has 33 heavy (non-hydrogen) atoms. The second-order valence-corrected chi connectivity index (χ2v) is 7.84. The quantitative estimate of drug-likeness (QED) is 0.427. The zero-order chi connectivity index (χ0) is 22.7. The van der Waals surface area contributed by atoms with Crippen molar-refractivity contribution in [2.45, 2.75) is 18.6 Å². The minimum absolute atomic E-state index is 0.161. The molecule has 7 nitrogen and oxygen atoms in total. The van der Waals surface area contributed by atoms with Gasteiger partial charge in [-0.3, -0.25) is 9.38 Å². The van der Waals surface area contributed by atoms with Crippen molar-refractivity contribution < 1.29 is 27.0 Å². The van der Waals surface area contributed by atoms with Gasteiger partial charge in [-0.1, -0.05) is 6.07 Å². The van der Waals surface area contributed by atoms with Gasteiger partial charge in [0.25, 0.3) is 0 Å². The summed E-state index contributed by atoms with van der Waals surface area (Å²) in [5, 5.41) is 11.3. The number of hydrogen-bond acceptors (Lipinski definition) is 6. The molecule has 1 atom stereocenters. The van der Waals surface area contributed by atoms with Gasteiger partial charge in [-0.05, 0) is 24.3 Å². The highest BCUT2D eigenvalue weighted by Crippen LogP contribution is 2.42. The summed E-state index contributed by atoms with van der Waals surface area (Å²) in [4.78, 5) is 3.55. The Morgan fingerprint density at radius 3 is 2.64 bits per heavy atom. The van der Waals surface area contributed by atoms with E-state index in [1.54, 1.807) is 16.5 Å². The minimum Gasteiger partial charge on any atom is -0.493 e. The summed E-state index contributed by atoms with van der Waals surface area (Å²) in [6.07, 6.45) is -1.93. The number of nitrogens with zero attached hydrogens (tertiary/aromatic N) is 4. The van der Waals surface area contributed by atoms with Crippen LogP contribution in [0.5, 0.6) is 11.5 Å². The standard InChI is InChI=1S/C22H15F4N5O2/c23-15-2-3-16-19-12(8-32-16)9-33-17-5-13(11-1-4-18(27-6-11)22(24,25)26)20-30-29-10-31(20)21(17)28-7-14(15)19/h1-6,10,12,28H,7-9H2/t12-/m0/s1. The molecule has 6 rings (SSSR count). The SMILES string of the molecule is Fc1ccc2c3c1CNc1c(cc(-c4ccc(C(F)(F)F)nc4)c4nncn14)OC[C@@H]3CO2. The van der Waals surface area contributed by atoms with E-state index in [9.17, 15) is 17.6 Å². The molecule has 0 amide bonds. The lowest BCUT2D eigenvalue weighted by molar-refractivity contribution is -0.141. The van der Waals surface area contributed by atoms with Gasteiger partial charge in [0.2, 0.25) is 0 Å². The summed E-state index contributed by atoms with van der Waals surface area (Å²) in [5.74, 6) is 1.08. The fourth-order valence-electron chi connectivity index (χ4n) is 4.32. The molecule has 3 aromatic heterocycles. The Labute approximate surface area is 184 Å². The van der Waals surface area contributed by atoms with Crippen molar-refractivity contribution in [1.82, 2.24) is 19.6 Å². The van der Waals surface area contributed by atoms with Crippen molar-refractivity contribution in [1.29, 1.82) is 0 Å². The maximum absolute atomic E-state index is 14.7. The number of aromatic nitrogens is 4. The number of fused-ring (bicyclic) bond motifs is 3. The van der Waals surface area contributed by atoms with Crippen molar-refractivity contribution in [2.24, 2.45) is 0 Å². The molecular weight excluding hydrogens is 442 g/mol. The van der Waals surface area contributed by atoms with E-state index in [1.165, 1.54) is 18.5 Å². The molecule has 5 heterocycles. The summed E-state index contributed by atoms with van der Waals surface area (Å²) in [7, 11) is 0. The van der Waals surface area contributed by atoms with Crippen LogP contribution in [0, 0.1) is 5.82 Å². The van der Waals surface area contributed by atoms with E-state index in [1.807, 2.05) is 0 Å². The third-order valence-corrected chi connectivity index (χ3v) is 5.88. The molecule has 4 aromatic rings. The smallest absolute Gasteiger partial charge is 0.433 e. The first kappa shape index (κ1) is 19.8. The first-order valence-corrected chi connectivity index (χ1v) is 10.1. The lowest BCUT2D eigenvalue weighted by Gasteiger charge is -2.16. The van der Waals surface area contributed by atoms with Gasteiger partial charge in [0.15, 0.2) is 17.2 Å². The fraction of sp³-hybridized carbons (Fsp3) is 0.227. The van der Waals surface area contributed by atoms with E-state index in [2.05, 4.69) is 20.5 Å². The Kier molecular flexibility index (Phi) is 4.23.